The molecule has 6 aromatic rings. The van der Waals surface area contributed by atoms with E-state index in [1.807, 2.05) is 58.5 Å². The fraction of sp³-hybridized carbons (Fsp3) is 0.386. The number of rotatable bonds is 17. The topological polar surface area (TPSA) is 164 Å². The van der Waals surface area contributed by atoms with Crippen LogP contribution in [0.3, 0.4) is 0 Å². The lowest BCUT2D eigenvalue weighted by Crippen LogP contribution is -2.41. The van der Waals surface area contributed by atoms with Crippen molar-refractivity contribution >= 4 is 68.3 Å². The first kappa shape index (κ1) is 41.4. The van der Waals surface area contributed by atoms with Crippen molar-refractivity contribution in [1.82, 2.24) is 34.9 Å². The van der Waals surface area contributed by atoms with Gasteiger partial charge in [-0.25, -0.2) is 4.98 Å². The van der Waals surface area contributed by atoms with Crippen LogP contribution in [0.1, 0.15) is 76.5 Å². The lowest BCUT2D eigenvalue weighted by atomic mass is 9.99. The summed E-state index contributed by atoms with van der Waals surface area (Å²) >= 11 is 7.90. The van der Waals surface area contributed by atoms with Gasteiger partial charge in [0.25, 0.3) is 0 Å². The third-order valence-electron chi connectivity index (χ3n) is 10.9. The van der Waals surface area contributed by atoms with Crippen molar-refractivity contribution in [3.8, 4) is 5.00 Å². The van der Waals surface area contributed by atoms with Crippen LogP contribution in [0.4, 0.5) is 0 Å². The predicted molar refractivity (Wildman–Crippen MR) is 230 cm³/mol. The lowest BCUT2D eigenvalue weighted by Gasteiger charge is -2.23. The first-order valence-electron chi connectivity index (χ1n) is 20.3. The number of fused-ring (bicyclic) bond motifs is 6. The molecule has 6 heterocycles. The number of benzene rings is 2. The summed E-state index contributed by atoms with van der Waals surface area (Å²) < 4.78 is 21.2. The molecule has 2 aromatic carbocycles. The summed E-state index contributed by atoms with van der Waals surface area (Å²) in [5.41, 5.74) is 6.73. The van der Waals surface area contributed by atoms with E-state index < -0.39 is 12.1 Å². The maximum Gasteiger partial charge on any atom is 0.249 e. The third kappa shape index (κ3) is 8.77. The molecule has 0 spiro atoms. The van der Waals surface area contributed by atoms with E-state index in [1.54, 1.807) is 17.5 Å². The summed E-state index contributed by atoms with van der Waals surface area (Å²) in [6.45, 7) is 9.16. The van der Waals surface area contributed by atoms with Gasteiger partial charge in [0.05, 0.1) is 50.7 Å². The minimum Gasteiger partial charge on any atom is -0.379 e. The SMILES string of the molecule is Cc1sc2c(c1C)C(c1ccc(Cl)cc1)=N[C@@H](CC(=O)NCCOCCOCCOCCCc1ccc3c(c1)c1cccnc1n3C1CCC(=O)NC1=O)c1nnc(C)n1-2. The van der Waals surface area contributed by atoms with E-state index in [0.717, 1.165) is 68.0 Å². The summed E-state index contributed by atoms with van der Waals surface area (Å²) in [6.07, 6.45) is 4.27. The van der Waals surface area contributed by atoms with Gasteiger partial charge in [-0.2, -0.15) is 0 Å². The van der Waals surface area contributed by atoms with Gasteiger partial charge in [0.1, 0.15) is 28.6 Å². The maximum absolute atomic E-state index is 13.2. The van der Waals surface area contributed by atoms with Crippen LogP contribution in [-0.4, -0.2) is 93.9 Å². The van der Waals surface area contributed by atoms with Crippen LogP contribution in [0.15, 0.2) is 65.8 Å². The molecule has 14 nitrogen and oxygen atoms in total. The number of halogens is 1. The van der Waals surface area contributed by atoms with E-state index >= 15 is 0 Å². The Hall–Kier alpha value is -5.32. The molecule has 60 heavy (non-hydrogen) atoms. The molecule has 3 amide bonds. The van der Waals surface area contributed by atoms with Crippen LogP contribution in [0.2, 0.25) is 5.02 Å². The Morgan fingerprint density at radius 2 is 1.72 bits per heavy atom. The Bertz CT molecular complexity index is 2580. The number of pyridine rings is 1. The van der Waals surface area contributed by atoms with Crippen molar-refractivity contribution in [2.24, 2.45) is 4.99 Å². The quantitative estimate of drug-likeness (QED) is 0.0774. The molecule has 0 saturated carbocycles. The van der Waals surface area contributed by atoms with Gasteiger partial charge in [-0.15, -0.1) is 21.5 Å². The van der Waals surface area contributed by atoms with Gasteiger partial charge >= 0.3 is 0 Å². The molecule has 1 fully saturated rings. The molecule has 4 aromatic heterocycles. The van der Waals surface area contributed by atoms with Gasteiger partial charge in [0, 0.05) is 57.6 Å². The number of aryl methyl sites for hydroxylation is 3. The minimum atomic E-state index is -0.539. The Morgan fingerprint density at radius 1 is 0.950 bits per heavy atom. The Balaban J connectivity index is 0.740. The first-order chi connectivity index (χ1) is 29.2. The molecule has 312 valence electrons. The molecule has 0 aliphatic carbocycles. The predicted octanol–water partition coefficient (Wildman–Crippen LogP) is 6.47. The van der Waals surface area contributed by atoms with Crippen LogP contribution in [-0.2, 0) is 35.0 Å². The molecule has 16 heteroatoms. The molecule has 0 radical (unpaired) electrons. The molecule has 0 bridgehead atoms. The number of nitrogens with zero attached hydrogens (tertiary/aromatic N) is 6. The summed E-state index contributed by atoms with van der Waals surface area (Å²) in [5, 5.41) is 18.0. The number of amides is 3. The van der Waals surface area contributed by atoms with Gasteiger partial charge in [-0.1, -0.05) is 29.8 Å². The van der Waals surface area contributed by atoms with E-state index in [0.29, 0.717) is 69.9 Å². The van der Waals surface area contributed by atoms with Gasteiger partial charge in [0.15, 0.2) is 5.82 Å². The molecule has 2 aliphatic heterocycles. The Labute approximate surface area is 356 Å². The number of carbonyl (C=O) groups is 3. The zero-order valence-corrected chi connectivity index (χ0v) is 35.4. The summed E-state index contributed by atoms with van der Waals surface area (Å²) in [5.74, 6) is 0.698. The number of aromatic nitrogens is 5. The highest BCUT2D eigenvalue weighted by molar-refractivity contribution is 7.15. The lowest BCUT2D eigenvalue weighted by molar-refractivity contribution is -0.135. The van der Waals surface area contributed by atoms with E-state index in [4.69, 9.17) is 30.8 Å². The highest BCUT2D eigenvalue weighted by Crippen LogP contribution is 2.40. The Kier molecular flexibility index (Phi) is 12.8. The number of hydrogen-bond donors (Lipinski definition) is 2. The number of thiophene rings is 1. The minimum absolute atomic E-state index is 0.107. The molecule has 1 saturated heterocycles. The largest absolute Gasteiger partial charge is 0.379 e. The second-order valence-electron chi connectivity index (χ2n) is 15.0. The second-order valence-corrected chi connectivity index (χ2v) is 16.6. The molecule has 2 aliphatic rings. The van der Waals surface area contributed by atoms with E-state index in [2.05, 4.69) is 51.8 Å². The monoisotopic (exact) mass is 850 g/mol. The van der Waals surface area contributed by atoms with Crippen molar-refractivity contribution in [2.75, 3.05) is 46.2 Å². The van der Waals surface area contributed by atoms with Crippen LogP contribution in [0.25, 0.3) is 26.9 Å². The molecule has 2 N–H and O–H groups in total. The van der Waals surface area contributed by atoms with Crippen molar-refractivity contribution < 1.29 is 28.6 Å². The van der Waals surface area contributed by atoms with Gasteiger partial charge in [-0.05, 0) is 87.6 Å². The normalized spacial score (nSPS) is 16.4. The van der Waals surface area contributed by atoms with Crippen LogP contribution >= 0.6 is 22.9 Å². The molecular weight excluding hydrogens is 804 g/mol. The third-order valence-corrected chi connectivity index (χ3v) is 12.4. The van der Waals surface area contributed by atoms with Crippen molar-refractivity contribution in [3.63, 3.8) is 0 Å². The van der Waals surface area contributed by atoms with E-state index in [9.17, 15) is 14.4 Å². The van der Waals surface area contributed by atoms with E-state index in [1.165, 1.54) is 10.4 Å². The zero-order chi connectivity index (χ0) is 41.8. The number of ether oxygens (including phenoxy) is 3. The highest BCUT2D eigenvalue weighted by Gasteiger charge is 2.33. The van der Waals surface area contributed by atoms with Crippen LogP contribution < -0.4 is 10.6 Å². The molecule has 8 rings (SSSR count). The fourth-order valence-electron chi connectivity index (χ4n) is 7.88. The average molecular weight is 851 g/mol. The number of nitrogens with one attached hydrogen (secondary N) is 2. The number of carbonyl (C=O) groups excluding carboxylic acids is 3. The standard InChI is InChI=1S/C44H47ClN8O6S/c1-26-27(2)60-44-39(26)40(30-9-11-31(45)12-10-30)48-34(42-51-50-28(3)52(42)44)25-38(55)46-17-19-58-21-23-59-22-20-57-18-5-6-29-8-13-35-33(24-29)32-7-4-16-47-41(32)53(35)36-14-15-37(54)49-43(36)56/h4,7-13,16,24,34,36H,5-6,14-15,17-23,25H2,1-3H3,(H,46,55)(H,49,54,56)/t34-,36?/m0/s1. The van der Waals surface area contributed by atoms with Gasteiger partial charge in [-0.3, -0.25) is 29.3 Å². The second kappa shape index (κ2) is 18.5. The molecular formula is C44H47ClN8O6S. The number of hydrogen-bond acceptors (Lipinski definition) is 11. The van der Waals surface area contributed by atoms with Crippen molar-refractivity contribution in [2.45, 2.75) is 65.0 Å². The number of piperidine rings is 1. The molecule has 2 atom stereocenters. The van der Waals surface area contributed by atoms with Crippen molar-refractivity contribution in [3.05, 3.63) is 105 Å². The molecule has 1 unspecified atom stereocenters. The number of aliphatic imine (C=N–C) groups is 1. The maximum atomic E-state index is 13.2. The fourth-order valence-corrected chi connectivity index (χ4v) is 9.22. The first-order valence-corrected chi connectivity index (χ1v) is 21.4. The summed E-state index contributed by atoms with van der Waals surface area (Å²) in [4.78, 5) is 48.7. The number of imide groups is 1. The van der Waals surface area contributed by atoms with E-state index in [-0.39, 0.29) is 24.1 Å². The summed E-state index contributed by atoms with van der Waals surface area (Å²) in [6, 6.07) is 16.8. The van der Waals surface area contributed by atoms with Crippen LogP contribution in [0, 0.1) is 20.8 Å². The zero-order valence-electron chi connectivity index (χ0n) is 33.8. The highest BCUT2D eigenvalue weighted by atomic mass is 35.5. The van der Waals surface area contributed by atoms with Crippen molar-refractivity contribution in [1.29, 1.82) is 0 Å². The summed E-state index contributed by atoms with van der Waals surface area (Å²) in [7, 11) is 0. The average Bonchev–Trinajstić information content (AvgIpc) is 3.85. The Morgan fingerprint density at radius 3 is 2.50 bits per heavy atom. The van der Waals surface area contributed by atoms with Gasteiger partial charge in [0.2, 0.25) is 17.7 Å². The smallest absolute Gasteiger partial charge is 0.249 e. The van der Waals surface area contributed by atoms with Gasteiger partial charge < -0.3 is 24.1 Å². The van der Waals surface area contributed by atoms with Crippen LogP contribution in [0.5, 0.6) is 0 Å².